The van der Waals surface area contributed by atoms with E-state index in [1.165, 1.54) is 29.5 Å². The molecule has 0 spiro atoms. The molecule has 0 saturated heterocycles. The Hall–Kier alpha value is -2.36. The smallest absolute Gasteiger partial charge is 0.209 e. The van der Waals surface area contributed by atoms with Gasteiger partial charge in [0.2, 0.25) is 5.13 Å². The first-order chi connectivity index (χ1) is 13.5. The van der Waals surface area contributed by atoms with Crippen LogP contribution >= 0.6 is 23.6 Å². The topological polar surface area (TPSA) is 42.3 Å². The summed E-state index contributed by atoms with van der Waals surface area (Å²) in [5, 5.41) is 8.30. The summed E-state index contributed by atoms with van der Waals surface area (Å²) >= 11 is 6.72. The Labute approximate surface area is 171 Å². The third-order valence-electron chi connectivity index (χ3n) is 4.18. The van der Waals surface area contributed by atoms with Gasteiger partial charge in [-0.15, -0.1) is 5.10 Å². The zero-order valence-corrected chi connectivity index (χ0v) is 17.1. The van der Waals surface area contributed by atoms with Gasteiger partial charge in [-0.1, -0.05) is 36.5 Å². The van der Waals surface area contributed by atoms with E-state index in [1.807, 2.05) is 36.1 Å². The summed E-state index contributed by atoms with van der Waals surface area (Å²) in [5.74, 6) is -0.418. The van der Waals surface area contributed by atoms with Crippen LogP contribution in [0.2, 0.25) is 0 Å². The van der Waals surface area contributed by atoms with Crippen LogP contribution < -0.4 is 10.1 Å². The number of methoxy groups -OCH3 is 1. The summed E-state index contributed by atoms with van der Waals surface area (Å²) in [6.07, 6.45) is 0. The molecule has 0 aliphatic heterocycles. The van der Waals surface area contributed by atoms with Crippen molar-refractivity contribution in [3.05, 3.63) is 63.6 Å². The van der Waals surface area contributed by atoms with E-state index in [0.717, 1.165) is 5.69 Å². The normalized spacial score (nSPS) is 11.0. The molecule has 1 heterocycles. The van der Waals surface area contributed by atoms with Gasteiger partial charge in [0.25, 0.3) is 0 Å². The van der Waals surface area contributed by atoms with Crippen LogP contribution in [-0.4, -0.2) is 28.3 Å². The number of nitrogens with one attached hydrogen (secondary N) is 1. The molecule has 0 unspecified atom stereocenters. The molecular formula is C19H20F2N4OS2. The average Bonchev–Trinajstić information content (AvgIpc) is 3.03. The second-order valence-corrected chi connectivity index (χ2v) is 7.61. The molecule has 0 aliphatic rings. The summed E-state index contributed by atoms with van der Waals surface area (Å²) in [4.78, 5) is 1.86. The first kappa shape index (κ1) is 20.4. The maximum Gasteiger partial charge on any atom is 0.209 e. The van der Waals surface area contributed by atoms with Crippen LogP contribution in [0, 0.1) is 15.6 Å². The van der Waals surface area contributed by atoms with Gasteiger partial charge in [0.05, 0.1) is 19.5 Å². The Bertz CT molecular complexity index is 985. The number of anilines is 2. The second-order valence-electron chi connectivity index (χ2n) is 5.98. The Morgan fingerprint density at radius 3 is 2.57 bits per heavy atom. The van der Waals surface area contributed by atoms with Crippen molar-refractivity contribution in [2.75, 3.05) is 19.0 Å². The summed E-state index contributed by atoms with van der Waals surface area (Å²) in [7, 11) is 1.60. The van der Waals surface area contributed by atoms with E-state index in [2.05, 4.69) is 10.4 Å². The lowest BCUT2D eigenvalue weighted by atomic mass is 10.2. The Kier molecular flexibility index (Phi) is 6.71. The zero-order chi connectivity index (χ0) is 20.1. The van der Waals surface area contributed by atoms with E-state index in [9.17, 15) is 8.78 Å². The fourth-order valence-corrected chi connectivity index (χ4v) is 3.67. The van der Waals surface area contributed by atoms with Gasteiger partial charge < -0.3 is 10.1 Å². The first-order valence-electron chi connectivity index (χ1n) is 8.65. The molecule has 0 radical (unpaired) electrons. The number of halogens is 2. The second kappa shape index (κ2) is 9.22. The minimum atomic E-state index is -0.557. The number of hydrogen-bond acceptors (Lipinski definition) is 6. The SMILES string of the molecule is CCN(Cc1c(F)cccc1F)Cn1nc(Nc2ccccc2OC)sc1=S. The number of hydrogen-bond donors (Lipinski definition) is 1. The molecule has 0 fully saturated rings. The monoisotopic (exact) mass is 422 g/mol. The van der Waals surface area contributed by atoms with Crippen molar-refractivity contribution in [2.45, 2.75) is 20.1 Å². The van der Waals surface area contributed by atoms with Crippen LogP contribution in [0.5, 0.6) is 5.75 Å². The highest BCUT2D eigenvalue weighted by molar-refractivity contribution is 7.73. The molecule has 3 rings (SSSR count). The number of rotatable bonds is 8. The van der Waals surface area contributed by atoms with Crippen molar-refractivity contribution in [1.82, 2.24) is 14.7 Å². The summed E-state index contributed by atoms with van der Waals surface area (Å²) in [5.41, 5.74) is 0.820. The molecule has 1 aromatic heterocycles. The Balaban J connectivity index is 1.76. The van der Waals surface area contributed by atoms with Crippen molar-refractivity contribution in [1.29, 1.82) is 0 Å². The predicted octanol–water partition coefficient (Wildman–Crippen LogP) is 5.18. The van der Waals surface area contributed by atoms with Gasteiger partial charge in [-0.25, -0.2) is 13.5 Å². The summed E-state index contributed by atoms with van der Waals surface area (Å²) in [6, 6.07) is 11.4. The van der Waals surface area contributed by atoms with Gasteiger partial charge in [0.15, 0.2) is 3.95 Å². The third kappa shape index (κ3) is 4.73. The molecule has 3 aromatic rings. The highest BCUT2D eigenvalue weighted by Crippen LogP contribution is 2.28. The van der Waals surface area contributed by atoms with Gasteiger partial charge in [-0.05, 0) is 43.0 Å². The van der Waals surface area contributed by atoms with Gasteiger partial charge in [-0.2, -0.15) is 0 Å². The van der Waals surface area contributed by atoms with Crippen LogP contribution in [0.1, 0.15) is 12.5 Å². The van der Waals surface area contributed by atoms with E-state index in [4.69, 9.17) is 17.0 Å². The first-order valence-corrected chi connectivity index (χ1v) is 9.87. The van der Waals surface area contributed by atoms with Crippen molar-refractivity contribution < 1.29 is 13.5 Å². The lowest BCUT2D eigenvalue weighted by molar-refractivity contribution is 0.203. The highest BCUT2D eigenvalue weighted by atomic mass is 32.1. The minimum absolute atomic E-state index is 0.0402. The van der Waals surface area contributed by atoms with E-state index in [-0.39, 0.29) is 12.1 Å². The van der Waals surface area contributed by atoms with Crippen LogP contribution in [-0.2, 0) is 13.2 Å². The number of nitrogens with zero attached hydrogens (tertiary/aromatic N) is 3. The Morgan fingerprint density at radius 1 is 1.18 bits per heavy atom. The maximum atomic E-state index is 14.0. The van der Waals surface area contributed by atoms with Crippen LogP contribution in [0.4, 0.5) is 19.6 Å². The van der Waals surface area contributed by atoms with Crippen molar-refractivity contribution >= 4 is 34.4 Å². The molecule has 28 heavy (non-hydrogen) atoms. The van der Waals surface area contributed by atoms with Crippen molar-refractivity contribution in [2.24, 2.45) is 0 Å². The fraction of sp³-hybridized carbons (Fsp3) is 0.263. The predicted molar refractivity (Wildman–Crippen MR) is 110 cm³/mol. The molecule has 148 valence electrons. The summed E-state index contributed by atoms with van der Waals surface area (Å²) in [6.45, 7) is 2.96. The largest absolute Gasteiger partial charge is 0.495 e. The van der Waals surface area contributed by atoms with Crippen molar-refractivity contribution in [3.8, 4) is 5.75 Å². The standard InChI is InChI=1S/C19H20F2N4OS2/c1-3-24(11-13-14(20)7-6-8-15(13)21)12-25-19(27)28-18(23-25)22-16-9-4-5-10-17(16)26-2/h4-10H,3,11-12H2,1-2H3,(H,22,23). The highest BCUT2D eigenvalue weighted by Gasteiger charge is 2.15. The van der Waals surface area contributed by atoms with Crippen LogP contribution in [0.3, 0.4) is 0 Å². The molecule has 0 bridgehead atoms. The molecule has 2 aromatic carbocycles. The van der Waals surface area contributed by atoms with E-state index in [0.29, 0.717) is 28.0 Å². The van der Waals surface area contributed by atoms with Crippen LogP contribution in [0.15, 0.2) is 42.5 Å². The number of aromatic nitrogens is 2. The van der Waals surface area contributed by atoms with E-state index < -0.39 is 11.6 Å². The van der Waals surface area contributed by atoms with Gasteiger partial charge in [0, 0.05) is 12.1 Å². The fourth-order valence-electron chi connectivity index (χ4n) is 2.67. The molecular weight excluding hydrogens is 402 g/mol. The molecule has 0 amide bonds. The molecule has 1 N–H and O–H groups in total. The minimum Gasteiger partial charge on any atom is -0.495 e. The van der Waals surface area contributed by atoms with E-state index in [1.54, 1.807) is 11.8 Å². The van der Waals surface area contributed by atoms with Crippen LogP contribution in [0.25, 0.3) is 0 Å². The number of benzene rings is 2. The lowest BCUT2D eigenvalue weighted by Gasteiger charge is -2.20. The van der Waals surface area contributed by atoms with Gasteiger partial charge >= 0.3 is 0 Å². The molecule has 0 atom stereocenters. The third-order valence-corrected chi connectivity index (χ3v) is 5.40. The zero-order valence-electron chi connectivity index (χ0n) is 15.5. The maximum absolute atomic E-state index is 14.0. The molecule has 9 heteroatoms. The molecule has 5 nitrogen and oxygen atoms in total. The quantitative estimate of drug-likeness (QED) is 0.507. The van der Waals surface area contributed by atoms with Gasteiger partial charge in [-0.3, -0.25) is 4.90 Å². The molecule has 0 saturated carbocycles. The number of ether oxygens (including phenoxy) is 1. The lowest BCUT2D eigenvalue weighted by Crippen LogP contribution is -2.27. The molecule has 0 aliphatic carbocycles. The van der Waals surface area contributed by atoms with Crippen molar-refractivity contribution in [3.63, 3.8) is 0 Å². The summed E-state index contributed by atoms with van der Waals surface area (Å²) < 4.78 is 35.4. The number of para-hydroxylation sites is 2. The average molecular weight is 423 g/mol. The van der Waals surface area contributed by atoms with Gasteiger partial charge in [0.1, 0.15) is 17.4 Å². The Morgan fingerprint density at radius 2 is 1.89 bits per heavy atom. The van der Waals surface area contributed by atoms with E-state index >= 15 is 0 Å².